The Labute approximate surface area is 115 Å². The first kappa shape index (κ1) is 12.9. The quantitative estimate of drug-likeness (QED) is 0.841. The van der Waals surface area contributed by atoms with Crippen molar-refractivity contribution in [3.05, 3.63) is 40.2 Å². The molecule has 20 heavy (non-hydrogen) atoms. The summed E-state index contributed by atoms with van der Waals surface area (Å²) in [5.41, 5.74) is 1.64. The zero-order chi connectivity index (χ0) is 14.3. The zero-order valence-corrected chi connectivity index (χ0v) is 11.1. The Morgan fingerprint density at radius 3 is 2.85 bits per heavy atom. The lowest BCUT2D eigenvalue weighted by Crippen LogP contribution is -2.24. The Kier molecular flexibility index (Phi) is 3.06. The molecular weight excluding hydrogens is 258 g/mol. The van der Waals surface area contributed by atoms with Crippen LogP contribution in [0.4, 0.5) is 5.69 Å². The van der Waals surface area contributed by atoms with E-state index in [-0.39, 0.29) is 18.4 Å². The number of anilines is 1. The normalized spacial score (nSPS) is 19.0. The van der Waals surface area contributed by atoms with Gasteiger partial charge in [0.2, 0.25) is 5.91 Å². The van der Waals surface area contributed by atoms with Gasteiger partial charge in [0, 0.05) is 48.7 Å². The van der Waals surface area contributed by atoms with Crippen molar-refractivity contribution < 1.29 is 14.3 Å². The summed E-state index contributed by atoms with van der Waals surface area (Å²) in [5, 5.41) is 10.0. The number of fused-ring (bicyclic) bond motifs is 1. The molecule has 1 unspecified atom stereocenters. The number of carbonyl (C=O) groups excluding carboxylic acids is 1. The molecule has 1 aliphatic rings. The highest BCUT2D eigenvalue weighted by atomic mass is 16.4. The molecule has 0 radical (unpaired) electrons. The summed E-state index contributed by atoms with van der Waals surface area (Å²) in [6, 6.07) is 6.85. The number of carbonyl (C=O) groups is 1. The van der Waals surface area contributed by atoms with Gasteiger partial charge in [0.25, 0.3) is 0 Å². The van der Waals surface area contributed by atoms with Crippen molar-refractivity contribution in [2.75, 3.05) is 18.1 Å². The zero-order valence-electron chi connectivity index (χ0n) is 11.1. The smallest absolute Gasteiger partial charge is 0.336 e. The average molecular weight is 273 g/mol. The third-order valence-corrected chi connectivity index (χ3v) is 3.71. The highest BCUT2D eigenvalue weighted by Gasteiger charge is 2.30. The molecule has 5 nitrogen and oxygen atoms in total. The van der Waals surface area contributed by atoms with Crippen LogP contribution in [0.25, 0.3) is 11.0 Å². The Hall–Kier alpha value is -2.14. The summed E-state index contributed by atoms with van der Waals surface area (Å²) in [7, 11) is 0. The molecule has 2 heterocycles. The van der Waals surface area contributed by atoms with Crippen LogP contribution < -0.4 is 10.5 Å². The standard InChI is InChI=1S/C15H15NO4/c1-9-4-15(19)20-13-6-11(2-3-12(9)13)16-7-10(8-17)5-14(16)18/h2-4,6,10,17H,5,7-8H2,1H3. The number of rotatable bonds is 2. The van der Waals surface area contributed by atoms with Crippen molar-refractivity contribution in [3.63, 3.8) is 0 Å². The van der Waals surface area contributed by atoms with Crippen LogP contribution in [-0.2, 0) is 4.79 Å². The molecule has 1 aromatic heterocycles. The van der Waals surface area contributed by atoms with E-state index in [1.165, 1.54) is 6.07 Å². The van der Waals surface area contributed by atoms with Crippen molar-refractivity contribution in [2.45, 2.75) is 13.3 Å². The van der Waals surface area contributed by atoms with Crippen LogP contribution in [-0.4, -0.2) is 24.2 Å². The van der Waals surface area contributed by atoms with E-state index < -0.39 is 5.63 Å². The van der Waals surface area contributed by atoms with Crippen molar-refractivity contribution in [2.24, 2.45) is 5.92 Å². The van der Waals surface area contributed by atoms with E-state index in [2.05, 4.69) is 0 Å². The molecule has 0 aliphatic carbocycles. The van der Waals surface area contributed by atoms with Gasteiger partial charge in [0.1, 0.15) is 5.58 Å². The van der Waals surface area contributed by atoms with Gasteiger partial charge in [-0.15, -0.1) is 0 Å². The van der Waals surface area contributed by atoms with Gasteiger partial charge in [0.15, 0.2) is 0 Å². The van der Waals surface area contributed by atoms with Gasteiger partial charge < -0.3 is 14.4 Å². The molecule has 1 amide bonds. The maximum Gasteiger partial charge on any atom is 0.336 e. The van der Waals surface area contributed by atoms with E-state index in [0.29, 0.717) is 24.2 Å². The molecule has 104 valence electrons. The van der Waals surface area contributed by atoms with E-state index >= 15 is 0 Å². The topological polar surface area (TPSA) is 70.8 Å². The Morgan fingerprint density at radius 1 is 1.35 bits per heavy atom. The van der Waals surface area contributed by atoms with Crippen LogP contribution in [0, 0.1) is 12.8 Å². The molecule has 2 aromatic rings. The second kappa shape index (κ2) is 4.76. The van der Waals surface area contributed by atoms with Crippen LogP contribution >= 0.6 is 0 Å². The first-order valence-corrected chi connectivity index (χ1v) is 6.54. The molecule has 0 bridgehead atoms. The van der Waals surface area contributed by atoms with Gasteiger partial charge in [-0.2, -0.15) is 0 Å². The Balaban J connectivity index is 2.05. The average Bonchev–Trinajstić information content (AvgIpc) is 2.79. The Bertz CT molecular complexity index is 734. The fourth-order valence-electron chi connectivity index (χ4n) is 2.63. The number of benzene rings is 1. The van der Waals surface area contributed by atoms with Gasteiger partial charge in [-0.1, -0.05) is 0 Å². The van der Waals surface area contributed by atoms with E-state index in [0.717, 1.165) is 10.9 Å². The van der Waals surface area contributed by atoms with Crippen LogP contribution in [0.15, 0.2) is 33.5 Å². The predicted octanol–water partition coefficient (Wildman–Crippen LogP) is 1.45. The molecule has 1 atom stereocenters. The first-order valence-electron chi connectivity index (χ1n) is 6.54. The van der Waals surface area contributed by atoms with Crippen molar-refractivity contribution in [3.8, 4) is 0 Å². The highest BCUT2D eigenvalue weighted by molar-refractivity contribution is 5.97. The lowest BCUT2D eigenvalue weighted by Gasteiger charge is -2.16. The molecular formula is C15H15NO4. The van der Waals surface area contributed by atoms with E-state index in [1.807, 2.05) is 19.1 Å². The van der Waals surface area contributed by atoms with E-state index in [4.69, 9.17) is 9.52 Å². The number of hydrogen-bond acceptors (Lipinski definition) is 4. The fraction of sp³-hybridized carbons (Fsp3) is 0.333. The van der Waals surface area contributed by atoms with Crippen LogP contribution in [0.1, 0.15) is 12.0 Å². The van der Waals surface area contributed by atoms with Crippen LogP contribution in [0.2, 0.25) is 0 Å². The lowest BCUT2D eigenvalue weighted by atomic mass is 10.1. The number of amides is 1. The summed E-state index contributed by atoms with van der Waals surface area (Å²) in [6.07, 6.45) is 0.353. The lowest BCUT2D eigenvalue weighted by molar-refractivity contribution is -0.117. The largest absolute Gasteiger partial charge is 0.423 e. The monoisotopic (exact) mass is 273 g/mol. The minimum atomic E-state index is -0.395. The number of hydrogen-bond donors (Lipinski definition) is 1. The van der Waals surface area contributed by atoms with Gasteiger partial charge in [-0.05, 0) is 24.6 Å². The van der Waals surface area contributed by atoms with Crippen LogP contribution in [0.5, 0.6) is 0 Å². The maximum absolute atomic E-state index is 11.9. The molecule has 1 N–H and O–H groups in total. The van der Waals surface area contributed by atoms with Crippen molar-refractivity contribution >= 4 is 22.6 Å². The van der Waals surface area contributed by atoms with Gasteiger partial charge in [-0.25, -0.2) is 4.79 Å². The van der Waals surface area contributed by atoms with Crippen LogP contribution in [0.3, 0.4) is 0 Å². The summed E-state index contributed by atoms with van der Waals surface area (Å²) >= 11 is 0. The number of aliphatic hydroxyl groups excluding tert-OH is 1. The molecule has 1 fully saturated rings. The molecule has 5 heteroatoms. The third kappa shape index (κ3) is 2.10. The number of aliphatic hydroxyl groups is 1. The molecule has 1 aliphatic heterocycles. The summed E-state index contributed by atoms with van der Waals surface area (Å²) in [5.74, 6) is -0.0406. The van der Waals surface area contributed by atoms with Gasteiger partial charge in [0.05, 0.1) is 0 Å². The first-order chi connectivity index (χ1) is 9.58. The maximum atomic E-state index is 11.9. The van der Waals surface area contributed by atoms with Crippen molar-refractivity contribution in [1.29, 1.82) is 0 Å². The molecule has 1 aromatic carbocycles. The molecule has 0 saturated carbocycles. The fourth-order valence-corrected chi connectivity index (χ4v) is 2.63. The minimum absolute atomic E-state index is 0.00398. The van der Waals surface area contributed by atoms with Gasteiger partial charge in [-0.3, -0.25) is 4.79 Å². The predicted molar refractivity (Wildman–Crippen MR) is 74.8 cm³/mol. The SMILES string of the molecule is Cc1cc(=O)oc2cc(N3CC(CO)CC3=O)ccc12. The number of aryl methyl sites for hydroxylation is 1. The number of nitrogens with zero attached hydrogens (tertiary/aromatic N) is 1. The summed E-state index contributed by atoms with van der Waals surface area (Å²) in [6.45, 7) is 2.35. The van der Waals surface area contributed by atoms with Crippen molar-refractivity contribution in [1.82, 2.24) is 0 Å². The minimum Gasteiger partial charge on any atom is -0.423 e. The second-order valence-electron chi connectivity index (χ2n) is 5.19. The van der Waals surface area contributed by atoms with E-state index in [1.54, 1.807) is 11.0 Å². The second-order valence-corrected chi connectivity index (χ2v) is 5.19. The highest BCUT2D eigenvalue weighted by Crippen LogP contribution is 2.28. The molecule has 0 spiro atoms. The van der Waals surface area contributed by atoms with E-state index in [9.17, 15) is 9.59 Å². The summed E-state index contributed by atoms with van der Waals surface area (Å²) < 4.78 is 5.19. The summed E-state index contributed by atoms with van der Waals surface area (Å²) in [4.78, 5) is 25.0. The van der Waals surface area contributed by atoms with Gasteiger partial charge >= 0.3 is 5.63 Å². The molecule has 1 saturated heterocycles. The Morgan fingerprint density at radius 2 is 2.15 bits per heavy atom. The third-order valence-electron chi connectivity index (χ3n) is 3.71. The molecule has 3 rings (SSSR count).